The molecule has 1 N–H and O–H groups in total. The largest absolute Gasteiger partial charge is 0.443 e. The molecule has 6 nitrogen and oxygen atoms in total. The fourth-order valence-corrected chi connectivity index (χ4v) is 3.64. The number of nitrogens with one attached hydrogen (secondary N) is 1. The van der Waals surface area contributed by atoms with E-state index in [0.717, 1.165) is 22.2 Å². The van der Waals surface area contributed by atoms with Crippen LogP contribution >= 0.6 is 0 Å². The van der Waals surface area contributed by atoms with Crippen LogP contribution in [0.1, 0.15) is 5.56 Å². The highest BCUT2D eigenvalue weighted by molar-refractivity contribution is 7.89. The van der Waals surface area contributed by atoms with Crippen LogP contribution in [0.5, 0.6) is 0 Å². The van der Waals surface area contributed by atoms with Crippen molar-refractivity contribution in [2.45, 2.75) is 11.4 Å². The van der Waals surface area contributed by atoms with Gasteiger partial charge in [0.15, 0.2) is 12.0 Å². The van der Waals surface area contributed by atoms with Gasteiger partial charge in [0.2, 0.25) is 10.0 Å². The number of benzene rings is 2. The average molecular weight is 365 g/mol. The molecule has 0 bridgehead atoms. The van der Waals surface area contributed by atoms with Crippen molar-refractivity contribution in [3.63, 3.8) is 0 Å². The fourth-order valence-electron chi connectivity index (χ4n) is 2.63. The highest BCUT2D eigenvalue weighted by Gasteiger charge is 2.14. The van der Waals surface area contributed by atoms with Gasteiger partial charge in [-0.3, -0.25) is 4.98 Å². The molecule has 0 fully saturated rings. The summed E-state index contributed by atoms with van der Waals surface area (Å²) in [7, 11) is -3.58. The Kier molecular flexibility index (Phi) is 4.24. The third kappa shape index (κ3) is 3.35. The zero-order valence-electron chi connectivity index (χ0n) is 13.7. The van der Waals surface area contributed by atoms with E-state index in [1.54, 1.807) is 48.8 Å². The lowest BCUT2D eigenvalue weighted by molar-refractivity contribution is 0.581. The van der Waals surface area contributed by atoms with Crippen molar-refractivity contribution in [2.75, 3.05) is 0 Å². The molecule has 26 heavy (non-hydrogen) atoms. The maximum absolute atomic E-state index is 12.4. The summed E-state index contributed by atoms with van der Waals surface area (Å²) < 4.78 is 32.7. The predicted molar refractivity (Wildman–Crippen MR) is 97.7 cm³/mol. The third-order valence-electron chi connectivity index (χ3n) is 4.04. The topological polar surface area (TPSA) is 85.1 Å². The first kappa shape index (κ1) is 16.4. The first-order valence-electron chi connectivity index (χ1n) is 7.94. The molecule has 0 aliphatic rings. The van der Waals surface area contributed by atoms with E-state index in [0.29, 0.717) is 5.58 Å². The van der Waals surface area contributed by atoms with Gasteiger partial charge in [0.25, 0.3) is 0 Å². The second kappa shape index (κ2) is 6.70. The van der Waals surface area contributed by atoms with Crippen LogP contribution in [0.2, 0.25) is 0 Å². The Morgan fingerprint density at radius 3 is 2.42 bits per heavy atom. The Bertz CT molecular complexity index is 1140. The van der Waals surface area contributed by atoms with Gasteiger partial charge in [-0.15, -0.1) is 0 Å². The first-order chi connectivity index (χ1) is 12.6. The second-order valence-electron chi connectivity index (χ2n) is 5.74. The zero-order valence-corrected chi connectivity index (χ0v) is 14.5. The van der Waals surface area contributed by atoms with Gasteiger partial charge < -0.3 is 4.42 Å². The van der Waals surface area contributed by atoms with Crippen molar-refractivity contribution in [2.24, 2.45) is 0 Å². The van der Waals surface area contributed by atoms with E-state index in [9.17, 15) is 8.42 Å². The van der Waals surface area contributed by atoms with Gasteiger partial charge in [0, 0.05) is 18.9 Å². The number of nitrogens with zero attached hydrogens (tertiary/aromatic N) is 2. The Balaban J connectivity index is 1.54. The van der Waals surface area contributed by atoms with E-state index in [4.69, 9.17) is 4.42 Å². The molecule has 130 valence electrons. The van der Waals surface area contributed by atoms with Gasteiger partial charge in [-0.2, -0.15) is 0 Å². The number of aromatic nitrogens is 2. The Morgan fingerprint density at radius 1 is 0.923 bits per heavy atom. The van der Waals surface area contributed by atoms with Gasteiger partial charge >= 0.3 is 0 Å². The molecule has 2 aromatic heterocycles. The third-order valence-corrected chi connectivity index (χ3v) is 5.46. The van der Waals surface area contributed by atoms with Crippen LogP contribution in [0.25, 0.3) is 22.2 Å². The summed E-state index contributed by atoms with van der Waals surface area (Å²) in [6.07, 6.45) is 4.66. The van der Waals surface area contributed by atoms with Crippen LogP contribution in [0, 0.1) is 0 Å². The number of hydrogen-bond acceptors (Lipinski definition) is 5. The van der Waals surface area contributed by atoms with E-state index in [2.05, 4.69) is 14.7 Å². The molecule has 0 radical (unpaired) electrons. The van der Waals surface area contributed by atoms with Crippen LogP contribution in [-0.2, 0) is 16.6 Å². The van der Waals surface area contributed by atoms with Gasteiger partial charge in [0.05, 0.1) is 4.90 Å². The van der Waals surface area contributed by atoms with Crippen molar-refractivity contribution < 1.29 is 12.8 Å². The number of oxazole rings is 1. The van der Waals surface area contributed by atoms with Crippen molar-refractivity contribution >= 4 is 21.1 Å². The van der Waals surface area contributed by atoms with Crippen LogP contribution in [0.4, 0.5) is 0 Å². The predicted octanol–water partition coefficient (Wildman–Crippen LogP) is 3.37. The lowest BCUT2D eigenvalue weighted by Gasteiger charge is -2.08. The number of sulfonamides is 1. The fraction of sp³-hybridized carbons (Fsp3) is 0.0526. The van der Waals surface area contributed by atoms with Crippen molar-refractivity contribution in [1.29, 1.82) is 0 Å². The van der Waals surface area contributed by atoms with Crippen molar-refractivity contribution in [1.82, 2.24) is 14.7 Å². The molecular formula is C19H15N3O3S. The summed E-state index contributed by atoms with van der Waals surface area (Å²) >= 11 is 0. The molecular weight excluding hydrogens is 350 g/mol. The molecule has 0 unspecified atom stereocenters. The highest BCUT2D eigenvalue weighted by atomic mass is 32.2. The van der Waals surface area contributed by atoms with E-state index in [-0.39, 0.29) is 11.4 Å². The lowest BCUT2D eigenvalue weighted by Crippen LogP contribution is -2.23. The molecule has 0 saturated carbocycles. The molecule has 4 rings (SSSR count). The van der Waals surface area contributed by atoms with Crippen molar-refractivity contribution in [3.8, 4) is 11.1 Å². The monoisotopic (exact) mass is 365 g/mol. The molecule has 2 heterocycles. The number of rotatable bonds is 5. The van der Waals surface area contributed by atoms with E-state index >= 15 is 0 Å². The molecule has 0 saturated heterocycles. The minimum Gasteiger partial charge on any atom is -0.443 e. The van der Waals surface area contributed by atoms with Gasteiger partial charge in [-0.1, -0.05) is 18.2 Å². The summed E-state index contributed by atoms with van der Waals surface area (Å²) in [5, 5.41) is 0. The normalized spacial score (nSPS) is 11.7. The maximum Gasteiger partial charge on any atom is 0.240 e. The van der Waals surface area contributed by atoms with Gasteiger partial charge in [-0.25, -0.2) is 18.1 Å². The molecule has 0 atom stereocenters. The minimum absolute atomic E-state index is 0.218. The Morgan fingerprint density at radius 2 is 1.65 bits per heavy atom. The Labute approximate surface area is 150 Å². The molecule has 2 aromatic carbocycles. The minimum atomic E-state index is -3.58. The second-order valence-corrected chi connectivity index (χ2v) is 7.51. The SMILES string of the molecule is O=S(=O)(NCc1ccncc1)c1ccc(-c2ccc3ocnc3c2)cc1. The summed E-state index contributed by atoms with van der Waals surface area (Å²) in [5.41, 5.74) is 4.18. The van der Waals surface area contributed by atoms with E-state index in [1.165, 1.54) is 6.39 Å². The standard InChI is InChI=1S/C19H15N3O3S/c23-26(24,22-12-14-7-9-20-10-8-14)17-4-1-15(2-5-17)16-3-6-19-18(11-16)21-13-25-19/h1-11,13,22H,12H2. The molecule has 0 aliphatic carbocycles. The first-order valence-corrected chi connectivity index (χ1v) is 9.42. The average Bonchev–Trinajstić information content (AvgIpc) is 3.15. The molecule has 0 aliphatic heterocycles. The maximum atomic E-state index is 12.4. The molecule has 0 amide bonds. The molecule has 4 aromatic rings. The summed E-state index contributed by atoms with van der Waals surface area (Å²) in [4.78, 5) is 8.27. The number of pyridine rings is 1. The van der Waals surface area contributed by atoms with Crippen LogP contribution in [-0.4, -0.2) is 18.4 Å². The highest BCUT2D eigenvalue weighted by Crippen LogP contribution is 2.25. The van der Waals surface area contributed by atoms with Crippen LogP contribution < -0.4 is 4.72 Å². The number of hydrogen-bond donors (Lipinski definition) is 1. The van der Waals surface area contributed by atoms with Crippen LogP contribution in [0.15, 0.2) is 82.7 Å². The van der Waals surface area contributed by atoms with E-state index < -0.39 is 10.0 Å². The Hall–Kier alpha value is -3.03. The molecule has 0 spiro atoms. The smallest absolute Gasteiger partial charge is 0.240 e. The lowest BCUT2D eigenvalue weighted by atomic mass is 10.1. The van der Waals surface area contributed by atoms with Gasteiger partial charge in [-0.05, 0) is 53.1 Å². The van der Waals surface area contributed by atoms with E-state index in [1.807, 2.05) is 18.2 Å². The summed E-state index contributed by atoms with van der Waals surface area (Å²) in [5.74, 6) is 0. The zero-order chi connectivity index (χ0) is 18.0. The van der Waals surface area contributed by atoms with Gasteiger partial charge in [0.1, 0.15) is 5.52 Å². The summed E-state index contributed by atoms with van der Waals surface area (Å²) in [6.45, 7) is 0.218. The number of fused-ring (bicyclic) bond motifs is 1. The summed E-state index contributed by atoms with van der Waals surface area (Å²) in [6, 6.07) is 16.0. The quantitative estimate of drug-likeness (QED) is 0.586. The van der Waals surface area contributed by atoms with Crippen LogP contribution in [0.3, 0.4) is 0 Å². The molecule has 7 heteroatoms. The van der Waals surface area contributed by atoms with Crippen molar-refractivity contribution in [3.05, 3.63) is 78.9 Å².